The van der Waals surface area contributed by atoms with Crippen LogP contribution in [-0.2, 0) is 20.7 Å². The lowest BCUT2D eigenvalue weighted by molar-refractivity contribution is -0.154. The van der Waals surface area contributed by atoms with Crippen LogP contribution in [0.2, 0.25) is 0 Å². The molecule has 0 aliphatic heterocycles. The highest BCUT2D eigenvalue weighted by Gasteiger charge is 2.35. The molecule has 1 atom stereocenters. The van der Waals surface area contributed by atoms with Crippen LogP contribution in [0.25, 0.3) is 10.9 Å². The molecule has 0 radical (unpaired) electrons. The zero-order valence-electron chi connectivity index (χ0n) is 17.2. The molecule has 1 N–H and O–H groups in total. The Labute approximate surface area is 171 Å². The summed E-state index contributed by atoms with van der Waals surface area (Å²) in [6.45, 7) is 5.38. The summed E-state index contributed by atoms with van der Waals surface area (Å²) >= 11 is 0. The first-order chi connectivity index (χ1) is 13.8. The number of rotatable bonds is 5. The van der Waals surface area contributed by atoms with Crippen LogP contribution in [0.5, 0.6) is 0 Å². The molecule has 0 spiro atoms. The summed E-state index contributed by atoms with van der Waals surface area (Å²) in [7, 11) is 0. The number of fused-ring (bicyclic) bond motifs is 1. The number of aromatic nitrogens is 1. The third kappa shape index (κ3) is 4.56. The van der Waals surface area contributed by atoms with Crippen LogP contribution in [0, 0.1) is 25.2 Å². The normalized spacial score (nSPS) is 16.6. The number of carbonyl (C=O) groups excluding carboxylic acids is 2. The molecule has 2 aromatic rings. The number of hydrogen-bond donors (Lipinski definition) is 1. The lowest BCUT2D eigenvalue weighted by Crippen LogP contribution is -2.52. The molecule has 0 unspecified atom stereocenters. The van der Waals surface area contributed by atoms with Gasteiger partial charge in [0.1, 0.15) is 5.54 Å². The summed E-state index contributed by atoms with van der Waals surface area (Å²) in [6, 6.07) is 10.0. The second kappa shape index (κ2) is 8.60. The van der Waals surface area contributed by atoms with Crippen molar-refractivity contribution in [3.63, 3.8) is 0 Å². The number of para-hydroxylation sites is 1. The van der Waals surface area contributed by atoms with Gasteiger partial charge in [-0.25, -0.2) is 0 Å². The highest BCUT2D eigenvalue weighted by molar-refractivity contribution is 5.87. The van der Waals surface area contributed by atoms with Crippen molar-refractivity contribution in [1.29, 1.82) is 5.26 Å². The van der Waals surface area contributed by atoms with Crippen molar-refractivity contribution >= 4 is 22.8 Å². The average molecular weight is 393 g/mol. The maximum atomic E-state index is 12.5. The number of nitrogens with one attached hydrogen (secondary N) is 1. The van der Waals surface area contributed by atoms with E-state index in [1.165, 1.54) is 0 Å². The molecular formula is C23H27N3O3. The van der Waals surface area contributed by atoms with Crippen molar-refractivity contribution < 1.29 is 14.3 Å². The Morgan fingerprint density at radius 2 is 1.93 bits per heavy atom. The van der Waals surface area contributed by atoms with E-state index in [9.17, 15) is 14.9 Å². The quantitative estimate of drug-likeness (QED) is 0.783. The minimum absolute atomic E-state index is 0.0521. The standard InChI is InChI=1S/C23H27N3O3/c1-15-18-9-5-6-10-20(18)25-16(2)19(15)13-21(27)29-17(3)22(28)26-23(14-24)11-7-4-8-12-23/h5-6,9-10,17H,4,7-8,11-13H2,1-3H3,(H,26,28)/t17-/m1/s1. The van der Waals surface area contributed by atoms with Crippen LogP contribution in [0.1, 0.15) is 55.8 Å². The number of amides is 1. The lowest BCUT2D eigenvalue weighted by Gasteiger charge is -2.32. The third-order valence-corrected chi connectivity index (χ3v) is 5.77. The first-order valence-corrected chi connectivity index (χ1v) is 10.1. The van der Waals surface area contributed by atoms with E-state index in [0.717, 1.165) is 47.0 Å². The number of hydrogen-bond acceptors (Lipinski definition) is 5. The Hall–Kier alpha value is -2.94. The van der Waals surface area contributed by atoms with Crippen molar-refractivity contribution in [2.45, 2.75) is 70.9 Å². The Morgan fingerprint density at radius 1 is 1.24 bits per heavy atom. The van der Waals surface area contributed by atoms with Gasteiger partial charge in [0.25, 0.3) is 5.91 Å². The molecule has 1 saturated carbocycles. The number of carbonyl (C=O) groups is 2. The summed E-state index contributed by atoms with van der Waals surface area (Å²) in [5.41, 5.74) is 2.64. The van der Waals surface area contributed by atoms with Crippen LogP contribution >= 0.6 is 0 Å². The van der Waals surface area contributed by atoms with E-state index in [-0.39, 0.29) is 6.42 Å². The van der Waals surface area contributed by atoms with Crippen molar-refractivity contribution in [3.05, 3.63) is 41.1 Å². The van der Waals surface area contributed by atoms with Gasteiger partial charge in [-0.2, -0.15) is 5.26 Å². The molecule has 1 aliphatic carbocycles. The molecule has 3 rings (SSSR count). The van der Waals surface area contributed by atoms with Gasteiger partial charge in [-0.05, 0) is 50.8 Å². The predicted octanol–water partition coefficient (Wildman–Crippen LogP) is 3.67. The van der Waals surface area contributed by atoms with Crippen molar-refractivity contribution in [2.24, 2.45) is 0 Å². The van der Waals surface area contributed by atoms with E-state index in [1.807, 2.05) is 38.1 Å². The van der Waals surface area contributed by atoms with Gasteiger partial charge in [-0.1, -0.05) is 37.5 Å². The van der Waals surface area contributed by atoms with Gasteiger partial charge in [0.2, 0.25) is 0 Å². The second-order valence-electron chi connectivity index (χ2n) is 7.87. The molecule has 1 aromatic carbocycles. The second-order valence-corrected chi connectivity index (χ2v) is 7.87. The zero-order chi connectivity index (χ0) is 21.0. The number of pyridine rings is 1. The van der Waals surface area contributed by atoms with Gasteiger partial charge in [-0.3, -0.25) is 14.6 Å². The number of ether oxygens (including phenoxy) is 1. The van der Waals surface area contributed by atoms with E-state index in [2.05, 4.69) is 16.4 Å². The van der Waals surface area contributed by atoms with Gasteiger partial charge in [-0.15, -0.1) is 0 Å². The van der Waals surface area contributed by atoms with Gasteiger partial charge in [0, 0.05) is 11.1 Å². The summed E-state index contributed by atoms with van der Waals surface area (Å²) in [6.07, 6.45) is 3.27. The molecule has 0 saturated heterocycles. The number of nitrogens with zero attached hydrogens (tertiary/aromatic N) is 2. The highest BCUT2D eigenvalue weighted by Crippen LogP contribution is 2.28. The van der Waals surface area contributed by atoms with Gasteiger partial charge in [0.05, 0.1) is 18.0 Å². The van der Waals surface area contributed by atoms with Crippen LogP contribution in [0.4, 0.5) is 0 Å². The Balaban J connectivity index is 1.67. The first-order valence-electron chi connectivity index (χ1n) is 10.1. The molecule has 152 valence electrons. The summed E-state index contributed by atoms with van der Waals surface area (Å²) in [5, 5.41) is 13.3. The van der Waals surface area contributed by atoms with Crippen LogP contribution < -0.4 is 5.32 Å². The maximum Gasteiger partial charge on any atom is 0.311 e. The Morgan fingerprint density at radius 3 is 2.62 bits per heavy atom. The minimum Gasteiger partial charge on any atom is -0.452 e. The van der Waals surface area contributed by atoms with E-state index in [1.54, 1.807) is 6.92 Å². The lowest BCUT2D eigenvalue weighted by atomic mass is 9.83. The first kappa shape index (κ1) is 20.8. The van der Waals surface area contributed by atoms with Gasteiger partial charge < -0.3 is 10.1 Å². The molecule has 29 heavy (non-hydrogen) atoms. The molecule has 1 aromatic heterocycles. The molecule has 6 nitrogen and oxygen atoms in total. The fourth-order valence-corrected chi connectivity index (χ4v) is 4.03. The number of benzene rings is 1. The van der Waals surface area contributed by atoms with Crippen LogP contribution in [0.3, 0.4) is 0 Å². The van der Waals surface area contributed by atoms with E-state index in [0.29, 0.717) is 12.8 Å². The monoisotopic (exact) mass is 393 g/mol. The van der Waals surface area contributed by atoms with Crippen LogP contribution in [0.15, 0.2) is 24.3 Å². The average Bonchev–Trinajstić information content (AvgIpc) is 2.71. The molecular weight excluding hydrogens is 366 g/mol. The van der Waals surface area contributed by atoms with E-state index in [4.69, 9.17) is 4.74 Å². The van der Waals surface area contributed by atoms with Crippen LogP contribution in [-0.4, -0.2) is 28.5 Å². The maximum absolute atomic E-state index is 12.5. The Bertz CT molecular complexity index is 971. The third-order valence-electron chi connectivity index (χ3n) is 5.77. The minimum atomic E-state index is -0.955. The number of nitriles is 1. The van der Waals surface area contributed by atoms with Crippen molar-refractivity contribution in [2.75, 3.05) is 0 Å². The molecule has 0 bridgehead atoms. The SMILES string of the molecule is Cc1nc2ccccc2c(C)c1CC(=O)O[C@H](C)C(=O)NC1(C#N)CCCCC1. The van der Waals surface area contributed by atoms with E-state index >= 15 is 0 Å². The molecule has 1 amide bonds. The summed E-state index contributed by atoms with van der Waals surface area (Å²) < 4.78 is 5.38. The fraction of sp³-hybridized carbons (Fsp3) is 0.478. The van der Waals surface area contributed by atoms with Gasteiger partial charge >= 0.3 is 5.97 Å². The zero-order valence-corrected chi connectivity index (χ0v) is 17.2. The van der Waals surface area contributed by atoms with Gasteiger partial charge in [0.15, 0.2) is 6.10 Å². The fourth-order valence-electron chi connectivity index (χ4n) is 4.03. The highest BCUT2D eigenvalue weighted by atomic mass is 16.5. The van der Waals surface area contributed by atoms with E-state index < -0.39 is 23.5 Å². The molecule has 1 fully saturated rings. The predicted molar refractivity (Wildman–Crippen MR) is 110 cm³/mol. The number of aryl methyl sites for hydroxylation is 2. The number of esters is 1. The summed E-state index contributed by atoms with van der Waals surface area (Å²) in [4.78, 5) is 29.6. The topological polar surface area (TPSA) is 92.1 Å². The molecule has 1 aliphatic rings. The Kier molecular flexibility index (Phi) is 6.17. The van der Waals surface area contributed by atoms with Crippen molar-refractivity contribution in [3.8, 4) is 6.07 Å². The summed E-state index contributed by atoms with van der Waals surface area (Å²) in [5.74, 6) is -0.905. The van der Waals surface area contributed by atoms with Crippen molar-refractivity contribution in [1.82, 2.24) is 10.3 Å². The molecule has 6 heteroatoms. The smallest absolute Gasteiger partial charge is 0.311 e. The largest absolute Gasteiger partial charge is 0.452 e. The molecule has 1 heterocycles.